The molecule has 0 radical (unpaired) electrons. The van der Waals surface area contributed by atoms with E-state index in [0.717, 1.165) is 30.7 Å². The fourth-order valence-corrected chi connectivity index (χ4v) is 3.00. The lowest BCUT2D eigenvalue weighted by Crippen LogP contribution is -2.50. The van der Waals surface area contributed by atoms with E-state index >= 15 is 0 Å². The van der Waals surface area contributed by atoms with Gasteiger partial charge in [-0.3, -0.25) is 4.99 Å². The summed E-state index contributed by atoms with van der Waals surface area (Å²) >= 11 is 0. The van der Waals surface area contributed by atoms with Gasteiger partial charge in [-0.1, -0.05) is 18.2 Å². The number of ether oxygens (including phenoxy) is 2. The first-order valence-electron chi connectivity index (χ1n) is 6.06. The van der Waals surface area contributed by atoms with Crippen molar-refractivity contribution in [3.05, 3.63) is 29.8 Å². The van der Waals surface area contributed by atoms with E-state index in [9.17, 15) is 0 Å². The predicted molar refractivity (Wildman–Crippen MR) is 66.9 cm³/mol. The van der Waals surface area contributed by atoms with Crippen LogP contribution in [-0.4, -0.2) is 25.5 Å². The molecule has 0 aliphatic carbocycles. The van der Waals surface area contributed by atoms with Crippen molar-refractivity contribution in [3.63, 3.8) is 0 Å². The van der Waals surface area contributed by atoms with E-state index in [2.05, 4.69) is 18.0 Å². The first-order chi connectivity index (χ1) is 8.22. The van der Waals surface area contributed by atoms with Gasteiger partial charge in [-0.05, 0) is 25.8 Å². The van der Waals surface area contributed by atoms with Gasteiger partial charge in [0.05, 0.1) is 5.69 Å². The van der Waals surface area contributed by atoms with Crippen LogP contribution in [0, 0.1) is 0 Å². The molecule has 90 valence electrons. The smallest absolute Gasteiger partial charge is 0.158 e. The van der Waals surface area contributed by atoms with Gasteiger partial charge in [0.1, 0.15) is 5.60 Å². The number of hydrogen-bond acceptors (Lipinski definition) is 3. The van der Waals surface area contributed by atoms with Crippen molar-refractivity contribution in [2.45, 2.75) is 31.0 Å². The van der Waals surface area contributed by atoms with Gasteiger partial charge in [0.15, 0.2) is 5.60 Å². The molecule has 0 spiro atoms. The summed E-state index contributed by atoms with van der Waals surface area (Å²) < 4.78 is 11.8. The van der Waals surface area contributed by atoms with Gasteiger partial charge in [0.25, 0.3) is 0 Å². The average Bonchev–Trinajstić information content (AvgIpc) is 2.95. The number of aliphatic imine (C=N–C) groups is 1. The second-order valence-corrected chi connectivity index (χ2v) is 4.90. The Morgan fingerprint density at radius 1 is 1.35 bits per heavy atom. The summed E-state index contributed by atoms with van der Waals surface area (Å²) in [6.45, 7) is 2.93. The third-order valence-corrected chi connectivity index (χ3v) is 4.02. The maximum atomic E-state index is 5.96. The fourth-order valence-electron chi connectivity index (χ4n) is 3.00. The summed E-state index contributed by atoms with van der Waals surface area (Å²) in [6, 6.07) is 8.13. The summed E-state index contributed by atoms with van der Waals surface area (Å²) in [7, 11) is 1.74. The Labute approximate surface area is 101 Å². The van der Waals surface area contributed by atoms with Crippen LogP contribution in [0.4, 0.5) is 5.69 Å². The molecule has 3 rings (SSSR count). The highest BCUT2D eigenvalue weighted by Gasteiger charge is 2.54. The minimum Gasteiger partial charge on any atom is -0.371 e. The monoisotopic (exact) mass is 231 g/mol. The normalized spacial score (nSPS) is 35.2. The Morgan fingerprint density at radius 3 is 2.88 bits per heavy atom. The summed E-state index contributed by atoms with van der Waals surface area (Å²) in [5.74, 6) is 0. The number of methoxy groups -OCH3 is 1. The quantitative estimate of drug-likeness (QED) is 0.783. The molecule has 1 fully saturated rings. The summed E-state index contributed by atoms with van der Waals surface area (Å²) in [4.78, 5) is 4.48. The van der Waals surface area contributed by atoms with Crippen LogP contribution in [0.2, 0.25) is 0 Å². The van der Waals surface area contributed by atoms with Crippen molar-refractivity contribution in [2.75, 3.05) is 13.7 Å². The summed E-state index contributed by atoms with van der Waals surface area (Å²) in [5, 5.41) is 0. The zero-order valence-electron chi connectivity index (χ0n) is 10.3. The lowest BCUT2D eigenvalue weighted by molar-refractivity contribution is -0.129. The second-order valence-electron chi connectivity index (χ2n) is 4.90. The summed E-state index contributed by atoms with van der Waals surface area (Å²) in [5.41, 5.74) is 1.27. The van der Waals surface area contributed by atoms with Gasteiger partial charge in [-0.25, -0.2) is 0 Å². The molecule has 0 amide bonds. The minimum absolute atomic E-state index is 0.308. The molecule has 0 bridgehead atoms. The minimum atomic E-state index is -0.528. The highest BCUT2D eigenvalue weighted by molar-refractivity contribution is 5.85. The number of benzene rings is 1. The fraction of sp³-hybridized carbons (Fsp3) is 0.500. The average molecular weight is 231 g/mol. The van der Waals surface area contributed by atoms with Crippen molar-refractivity contribution in [1.29, 1.82) is 0 Å². The van der Waals surface area contributed by atoms with Crippen LogP contribution in [0.5, 0.6) is 0 Å². The number of para-hydroxylation sites is 1. The molecule has 1 aromatic rings. The number of nitrogens with zero attached hydrogens (tertiary/aromatic N) is 1. The Hall–Kier alpha value is -1.19. The van der Waals surface area contributed by atoms with E-state index in [1.807, 2.05) is 24.4 Å². The Morgan fingerprint density at radius 2 is 2.18 bits per heavy atom. The predicted octanol–water partition coefficient (Wildman–Crippen LogP) is 2.81. The van der Waals surface area contributed by atoms with Gasteiger partial charge in [0.2, 0.25) is 0 Å². The molecular weight excluding hydrogens is 214 g/mol. The molecule has 3 heteroatoms. The van der Waals surface area contributed by atoms with E-state index in [0.29, 0.717) is 0 Å². The van der Waals surface area contributed by atoms with E-state index in [1.54, 1.807) is 7.11 Å². The summed E-state index contributed by atoms with van der Waals surface area (Å²) in [6.07, 6.45) is 3.99. The van der Waals surface area contributed by atoms with E-state index < -0.39 is 5.60 Å². The lowest BCUT2D eigenvalue weighted by atomic mass is 9.78. The standard InChI is InChI=1S/C14H17NO2/c1-13(8-5-9-17-13)14(16-2)10-15-12-7-4-3-6-11(12)14/h3-4,6-7,10H,5,8-9H2,1-2H3. The zero-order chi connectivity index (χ0) is 11.9. The number of hydrogen-bond donors (Lipinski definition) is 0. The zero-order valence-corrected chi connectivity index (χ0v) is 10.3. The number of rotatable bonds is 2. The third-order valence-electron chi connectivity index (χ3n) is 4.02. The highest BCUT2D eigenvalue weighted by Crippen LogP contribution is 2.49. The molecule has 2 unspecified atom stereocenters. The molecule has 17 heavy (non-hydrogen) atoms. The van der Waals surface area contributed by atoms with Gasteiger partial charge in [-0.15, -0.1) is 0 Å². The van der Waals surface area contributed by atoms with E-state index in [-0.39, 0.29) is 5.60 Å². The van der Waals surface area contributed by atoms with Gasteiger partial charge in [0, 0.05) is 25.5 Å². The molecule has 3 nitrogen and oxygen atoms in total. The largest absolute Gasteiger partial charge is 0.371 e. The molecule has 0 saturated carbocycles. The number of fused-ring (bicyclic) bond motifs is 1. The molecule has 0 N–H and O–H groups in total. The highest BCUT2D eigenvalue weighted by atomic mass is 16.6. The molecule has 2 atom stereocenters. The van der Waals surface area contributed by atoms with Crippen LogP contribution in [0.25, 0.3) is 0 Å². The first-order valence-corrected chi connectivity index (χ1v) is 6.06. The van der Waals surface area contributed by atoms with Crippen LogP contribution >= 0.6 is 0 Å². The van der Waals surface area contributed by atoms with Crippen LogP contribution in [-0.2, 0) is 15.1 Å². The molecule has 2 aliphatic heterocycles. The maximum Gasteiger partial charge on any atom is 0.158 e. The molecule has 1 aromatic carbocycles. The SMILES string of the molecule is COC1(C2(C)CCCO2)C=Nc2ccccc21. The lowest BCUT2D eigenvalue weighted by Gasteiger charge is -2.40. The molecule has 1 saturated heterocycles. The van der Waals surface area contributed by atoms with Crippen LogP contribution in [0.1, 0.15) is 25.3 Å². The Kier molecular flexibility index (Phi) is 2.35. The topological polar surface area (TPSA) is 30.8 Å². The van der Waals surface area contributed by atoms with Crippen LogP contribution < -0.4 is 0 Å². The molecule has 0 aromatic heterocycles. The van der Waals surface area contributed by atoms with Crippen molar-refractivity contribution in [3.8, 4) is 0 Å². The van der Waals surface area contributed by atoms with Gasteiger partial charge < -0.3 is 9.47 Å². The molecule has 2 aliphatic rings. The van der Waals surface area contributed by atoms with Crippen molar-refractivity contribution < 1.29 is 9.47 Å². The van der Waals surface area contributed by atoms with Crippen LogP contribution in [0.3, 0.4) is 0 Å². The molecular formula is C14H17NO2. The van der Waals surface area contributed by atoms with Crippen molar-refractivity contribution in [2.24, 2.45) is 4.99 Å². The Bertz CT molecular complexity index is 463. The van der Waals surface area contributed by atoms with Crippen molar-refractivity contribution in [1.82, 2.24) is 0 Å². The van der Waals surface area contributed by atoms with Gasteiger partial charge in [-0.2, -0.15) is 0 Å². The first kappa shape index (κ1) is 10.9. The van der Waals surface area contributed by atoms with E-state index in [1.165, 1.54) is 0 Å². The Balaban J connectivity index is 2.14. The van der Waals surface area contributed by atoms with Gasteiger partial charge >= 0.3 is 0 Å². The van der Waals surface area contributed by atoms with Crippen molar-refractivity contribution >= 4 is 11.9 Å². The molecule has 2 heterocycles. The van der Waals surface area contributed by atoms with E-state index in [4.69, 9.17) is 9.47 Å². The second kappa shape index (κ2) is 3.65. The maximum absolute atomic E-state index is 5.96. The van der Waals surface area contributed by atoms with Crippen LogP contribution in [0.15, 0.2) is 29.3 Å². The third kappa shape index (κ3) is 1.33.